The molecule has 1 aromatic rings. The first-order valence-electron chi connectivity index (χ1n) is 7.32. The fourth-order valence-corrected chi connectivity index (χ4v) is 2.76. The van der Waals surface area contributed by atoms with Crippen molar-refractivity contribution in [1.82, 2.24) is 15.5 Å². The molecule has 116 valence electrons. The number of carbonyl (C=O) groups excluding carboxylic acids is 3. The van der Waals surface area contributed by atoms with E-state index in [0.717, 1.165) is 18.8 Å². The van der Waals surface area contributed by atoms with Crippen molar-refractivity contribution in [2.24, 2.45) is 0 Å². The quantitative estimate of drug-likeness (QED) is 0.766. The molecule has 2 fully saturated rings. The van der Waals surface area contributed by atoms with E-state index in [-0.39, 0.29) is 12.3 Å². The minimum atomic E-state index is -0.743. The van der Waals surface area contributed by atoms with Gasteiger partial charge in [0.2, 0.25) is 5.91 Å². The van der Waals surface area contributed by atoms with Crippen molar-refractivity contribution >= 4 is 23.5 Å². The maximum Gasteiger partial charge on any atom is 0.322 e. The molecule has 2 heterocycles. The van der Waals surface area contributed by atoms with Crippen LogP contribution in [0, 0.1) is 0 Å². The summed E-state index contributed by atoms with van der Waals surface area (Å²) in [6, 6.07) is 8.79. The minimum Gasteiger partial charge on any atom is -0.368 e. The van der Waals surface area contributed by atoms with Gasteiger partial charge in [-0.25, -0.2) is 4.79 Å². The molecule has 1 aromatic carbocycles. The van der Waals surface area contributed by atoms with Crippen LogP contribution in [0.5, 0.6) is 0 Å². The monoisotopic (exact) mass is 302 g/mol. The standard InChI is InChI=1S/C15H18N4O3/c20-13(10-12-14(21)17-15(22)16-12)19-8-6-18(7-9-19)11-4-2-1-3-5-11/h1-5,12H,6-10H2,(H2,16,17,21,22)/t12-/m0/s1. The highest BCUT2D eigenvalue weighted by molar-refractivity contribution is 6.05. The summed E-state index contributed by atoms with van der Waals surface area (Å²) in [5.41, 5.74) is 1.15. The lowest BCUT2D eigenvalue weighted by atomic mass is 10.1. The number of amides is 4. The van der Waals surface area contributed by atoms with Gasteiger partial charge in [-0.2, -0.15) is 0 Å². The van der Waals surface area contributed by atoms with Gasteiger partial charge < -0.3 is 15.1 Å². The molecule has 4 amide bonds. The number of para-hydroxylation sites is 1. The normalized spacial score (nSPS) is 21.5. The molecule has 2 aliphatic heterocycles. The molecule has 3 rings (SSSR count). The summed E-state index contributed by atoms with van der Waals surface area (Å²) in [5, 5.41) is 4.59. The third-order valence-electron chi connectivity index (χ3n) is 3.99. The summed E-state index contributed by atoms with van der Waals surface area (Å²) >= 11 is 0. The van der Waals surface area contributed by atoms with Crippen LogP contribution in [-0.2, 0) is 9.59 Å². The minimum absolute atomic E-state index is 0.0168. The smallest absolute Gasteiger partial charge is 0.322 e. The van der Waals surface area contributed by atoms with Crippen molar-refractivity contribution in [3.8, 4) is 0 Å². The van der Waals surface area contributed by atoms with Gasteiger partial charge in [-0.15, -0.1) is 0 Å². The van der Waals surface area contributed by atoms with E-state index in [9.17, 15) is 14.4 Å². The van der Waals surface area contributed by atoms with Crippen LogP contribution in [0.3, 0.4) is 0 Å². The van der Waals surface area contributed by atoms with Crippen LogP contribution < -0.4 is 15.5 Å². The van der Waals surface area contributed by atoms with Gasteiger partial charge >= 0.3 is 6.03 Å². The Morgan fingerprint density at radius 1 is 1.09 bits per heavy atom. The molecule has 2 aliphatic rings. The van der Waals surface area contributed by atoms with E-state index < -0.39 is 18.0 Å². The summed E-state index contributed by atoms with van der Waals surface area (Å²) in [6.07, 6.45) is 0.0168. The van der Waals surface area contributed by atoms with Crippen LogP contribution in [0.2, 0.25) is 0 Å². The first-order chi connectivity index (χ1) is 10.6. The molecule has 7 heteroatoms. The summed E-state index contributed by atoms with van der Waals surface area (Å²) in [5.74, 6) is -0.531. The van der Waals surface area contributed by atoms with Crippen molar-refractivity contribution in [2.75, 3.05) is 31.1 Å². The zero-order valence-corrected chi connectivity index (χ0v) is 12.1. The maximum atomic E-state index is 12.2. The van der Waals surface area contributed by atoms with Crippen LogP contribution in [-0.4, -0.2) is 55.0 Å². The lowest BCUT2D eigenvalue weighted by Gasteiger charge is -2.36. The number of benzene rings is 1. The van der Waals surface area contributed by atoms with Crippen LogP contribution in [0.25, 0.3) is 0 Å². The number of nitrogens with zero attached hydrogens (tertiary/aromatic N) is 2. The van der Waals surface area contributed by atoms with E-state index in [1.165, 1.54) is 0 Å². The zero-order chi connectivity index (χ0) is 15.5. The first-order valence-corrected chi connectivity index (χ1v) is 7.32. The molecule has 0 saturated carbocycles. The molecule has 0 spiro atoms. The van der Waals surface area contributed by atoms with E-state index in [2.05, 4.69) is 27.7 Å². The molecule has 22 heavy (non-hydrogen) atoms. The van der Waals surface area contributed by atoms with Crippen molar-refractivity contribution in [2.45, 2.75) is 12.5 Å². The third-order valence-corrected chi connectivity index (χ3v) is 3.99. The SMILES string of the molecule is O=C1NC(=O)[C@H](CC(=O)N2CCN(c3ccccc3)CC2)N1. The number of nitrogens with one attached hydrogen (secondary N) is 2. The Kier molecular flexibility index (Phi) is 3.95. The number of urea groups is 1. The van der Waals surface area contributed by atoms with Crippen molar-refractivity contribution in [3.05, 3.63) is 30.3 Å². The number of rotatable bonds is 3. The third kappa shape index (κ3) is 3.03. The predicted molar refractivity (Wildman–Crippen MR) is 80.3 cm³/mol. The number of piperazine rings is 1. The average Bonchev–Trinajstić information content (AvgIpc) is 2.86. The van der Waals surface area contributed by atoms with Gasteiger partial charge in [0.1, 0.15) is 6.04 Å². The number of anilines is 1. The largest absolute Gasteiger partial charge is 0.368 e. The molecule has 0 aromatic heterocycles. The van der Waals surface area contributed by atoms with Gasteiger partial charge in [0.05, 0.1) is 6.42 Å². The van der Waals surface area contributed by atoms with Crippen LogP contribution in [0.15, 0.2) is 30.3 Å². The second-order valence-electron chi connectivity index (χ2n) is 5.42. The number of hydrogen-bond donors (Lipinski definition) is 2. The van der Waals surface area contributed by atoms with Crippen LogP contribution in [0.4, 0.5) is 10.5 Å². The van der Waals surface area contributed by atoms with Gasteiger partial charge in [-0.05, 0) is 12.1 Å². The Morgan fingerprint density at radius 2 is 1.77 bits per heavy atom. The molecule has 2 N–H and O–H groups in total. The highest BCUT2D eigenvalue weighted by Crippen LogP contribution is 2.16. The fraction of sp³-hybridized carbons (Fsp3) is 0.400. The highest BCUT2D eigenvalue weighted by atomic mass is 16.2. The Hall–Kier alpha value is -2.57. The van der Waals surface area contributed by atoms with Gasteiger partial charge in [0.15, 0.2) is 0 Å². The molecule has 2 saturated heterocycles. The van der Waals surface area contributed by atoms with Gasteiger partial charge in [-0.3, -0.25) is 14.9 Å². The van der Waals surface area contributed by atoms with Gasteiger partial charge in [0, 0.05) is 31.9 Å². The molecule has 0 unspecified atom stereocenters. The zero-order valence-electron chi connectivity index (χ0n) is 12.1. The van der Waals surface area contributed by atoms with Crippen LogP contribution >= 0.6 is 0 Å². The van der Waals surface area contributed by atoms with E-state index in [0.29, 0.717) is 13.1 Å². The Balaban J connectivity index is 1.52. The Labute approximate surface area is 128 Å². The molecule has 1 atom stereocenters. The molecular formula is C15H18N4O3. The molecule has 0 radical (unpaired) electrons. The second-order valence-corrected chi connectivity index (χ2v) is 5.42. The number of imide groups is 1. The van der Waals surface area contributed by atoms with Crippen molar-refractivity contribution in [1.29, 1.82) is 0 Å². The fourth-order valence-electron chi connectivity index (χ4n) is 2.76. The maximum absolute atomic E-state index is 12.2. The summed E-state index contributed by atoms with van der Waals surface area (Å²) in [4.78, 5) is 38.7. The Morgan fingerprint density at radius 3 is 2.36 bits per heavy atom. The highest BCUT2D eigenvalue weighted by Gasteiger charge is 2.33. The van der Waals surface area contributed by atoms with Crippen molar-refractivity contribution in [3.63, 3.8) is 0 Å². The second kappa shape index (κ2) is 6.05. The van der Waals surface area contributed by atoms with Crippen molar-refractivity contribution < 1.29 is 14.4 Å². The summed E-state index contributed by atoms with van der Waals surface area (Å²) in [7, 11) is 0. The summed E-state index contributed by atoms with van der Waals surface area (Å²) < 4.78 is 0. The van der Waals surface area contributed by atoms with Gasteiger partial charge in [0.25, 0.3) is 5.91 Å². The molecule has 0 aliphatic carbocycles. The lowest BCUT2D eigenvalue weighted by Crippen LogP contribution is -2.50. The van der Waals surface area contributed by atoms with E-state index in [4.69, 9.17) is 0 Å². The van der Waals surface area contributed by atoms with Gasteiger partial charge in [-0.1, -0.05) is 18.2 Å². The van der Waals surface area contributed by atoms with E-state index in [1.54, 1.807) is 4.90 Å². The molecular weight excluding hydrogens is 284 g/mol. The molecule has 7 nitrogen and oxygen atoms in total. The lowest BCUT2D eigenvalue weighted by molar-refractivity contribution is -0.134. The van der Waals surface area contributed by atoms with Crippen LogP contribution in [0.1, 0.15) is 6.42 Å². The number of carbonyl (C=O) groups is 3. The average molecular weight is 302 g/mol. The van der Waals surface area contributed by atoms with E-state index >= 15 is 0 Å². The summed E-state index contributed by atoms with van der Waals surface area (Å²) in [6.45, 7) is 2.77. The first kappa shape index (κ1) is 14.4. The van der Waals surface area contributed by atoms with E-state index in [1.807, 2.05) is 18.2 Å². The predicted octanol–water partition coefficient (Wildman–Crippen LogP) is -0.0667. The topological polar surface area (TPSA) is 81.8 Å². The Bertz CT molecular complexity index is 582. The molecule has 0 bridgehead atoms. The number of hydrogen-bond acceptors (Lipinski definition) is 4.